The highest BCUT2D eigenvalue weighted by atomic mass is 32.1. The number of hydrogen-bond acceptors (Lipinski definition) is 4. The minimum Gasteiger partial charge on any atom is -0.386 e. The van der Waals surface area contributed by atoms with E-state index < -0.39 is 6.10 Å². The largest absolute Gasteiger partial charge is 0.386 e. The maximum absolute atomic E-state index is 11.3. The molecule has 0 spiro atoms. The molecule has 0 aromatic carbocycles. The van der Waals surface area contributed by atoms with Crippen molar-refractivity contribution in [2.45, 2.75) is 57.6 Å². The van der Waals surface area contributed by atoms with Crippen molar-refractivity contribution in [2.75, 3.05) is 0 Å². The summed E-state index contributed by atoms with van der Waals surface area (Å²) in [5, 5.41) is 10.3. The van der Waals surface area contributed by atoms with Crippen molar-refractivity contribution in [1.82, 2.24) is 0 Å². The van der Waals surface area contributed by atoms with Gasteiger partial charge in [-0.25, -0.2) is 0 Å². The van der Waals surface area contributed by atoms with Crippen LogP contribution in [0.2, 0.25) is 0 Å². The van der Waals surface area contributed by atoms with Gasteiger partial charge in [0, 0.05) is 10.9 Å². The van der Waals surface area contributed by atoms with Gasteiger partial charge in [0.25, 0.3) is 0 Å². The molecule has 1 aromatic rings. The summed E-state index contributed by atoms with van der Waals surface area (Å²) in [6, 6.07) is 3.38. The fraction of sp³-hybridized carbons (Fsp3) is 0.667. The maximum Gasteiger partial charge on any atom is 0.169 e. The van der Waals surface area contributed by atoms with E-state index in [2.05, 4.69) is 0 Å². The lowest BCUT2D eigenvalue weighted by Gasteiger charge is -2.26. The van der Waals surface area contributed by atoms with Gasteiger partial charge in [0.05, 0.1) is 4.88 Å². The number of carbonyl (C=O) groups is 1. The first-order valence-electron chi connectivity index (χ1n) is 7.12. The van der Waals surface area contributed by atoms with Crippen LogP contribution in [-0.4, -0.2) is 16.9 Å². The average molecular weight is 281 g/mol. The van der Waals surface area contributed by atoms with Gasteiger partial charge in [0.2, 0.25) is 0 Å². The Kier molecular flexibility index (Phi) is 5.13. The highest BCUT2D eigenvalue weighted by molar-refractivity contribution is 7.14. The summed E-state index contributed by atoms with van der Waals surface area (Å²) in [6.07, 6.45) is 6.64. The second-order valence-corrected chi connectivity index (χ2v) is 6.72. The molecule has 3 N–H and O–H groups in total. The van der Waals surface area contributed by atoms with E-state index in [1.165, 1.54) is 43.4 Å². The number of rotatable bonds is 5. The second-order valence-electron chi connectivity index (χ2n) is 5.61. The molecule has 1 aliphatic rings. The van der Waals surface area contributed by atoms with E-state index in [1.54, 1.807) is 13.0 Å². The summed E-state index contributed by atoms with van der Waals surface area (Å²) in [5.41, 5.74) is 6.14. The third-order valence-corrected chi connectivity index (χ3v) is 5.26. The first-order chi connectivity index (χ1) is 9.08. The van der Waals surface area contributed by atoms with Crippen LogP contribution in [0.4, 0.5) is 0 Å². The van der Waals surface area contributed by atoms with Crippen LogP contribution in [0, 0.1) is 5.92 Å². The fourth-order valence-corrected chi connectivity index (χ4v) is 3.81. The number of Topliss-reactive ketones (excluding diaryl/α,β-unsaturated/α-hetero) is 1. The van der Waals surface area contributed by atoms with Crippen LogP contribution in [-0.2, 0) is 0 Å². The molecule has 4 heteroatoms. The SMILES string of the molecule is CC(=O)c1ccc([C@@H](O)[C@H](N)CC2CCCCC2)s1. The van der Waals surface area contributed by atoms with Crippen LogP contribution < -0.4 is 5.73 Å². The Balaban J connectivity index is 1.93. The minimum absolute atomic E-state index is 0.0456. The molecule has 0 radical (unpaired) electrons. The second kappa shape index (κ2) is 6.64. The topological polar surface area (TPSA) is 63.3 Å². The van der Waals surface area contributed by atoms with Crippen molar-refractivity contribution in [3.05, 3.63) is 21.9 Å². The predicted molar refractivity (Wildman–Crippen MR) is 78.5 cm³/mol. The summed E-state index contributed by atoms with van der Waals surface area (Å²) >= 11 is 1.36. The molecule has 2 atom stereocenters. The van der Waals surface area contributed by atoms with E-state index in [9.17, 15) is 9.90 Å². The zero-order chi connectivity index (χ0) is 13.8. The Hall–Kier alpha value is -0.710. The Bertz CT molecular complexity index is 424. The van der Waals surface area contributed by atoms with Crippen LogP contribution in [0.3, 0.4) is 0 Å². The molecule has 2 rings (SSSR count). The van der Waals surface area contributed by atoms with Crippen LogP contribution in [0.5, 0.6) is 0 Å². The van der Waals surface area contributed by atoms with Crippen molar-refractivity contribution >= 4 is 17.1 Å². The molecule has 0 saturated heterocycles. The highest BCUT2D eigenvalue weighted by Crippen LogP contribution is 2.32. The van der Waals surface area contributed by atoms with E-state index in [-0.39, 0.29) is 11.8 Å². The van der Waals surface area contributed by atoms with Crippen molar-refractivity contribution < 1.29 is 9.90 Å². The Labute approximate surface area is 118 Å². The van der Waals surface area contributed by atoms with Gasteiger partial charge >= 0.3 is 0 Å². The number of nitrogens with two attached hydrogens (primary N) is 1. The number of aliphatic hydroxyl groups is 1. The maximum atomic E-state index is 11.3. The van der Waals surface area contributed by atoms with E-state index in [0.717, 1.165) is 11.3 Å². The molecule has 0 aliphatic heterocycles. The molecule has 19 heavy (non-hydrogen) atoms. The van der Waals surface area contributed by atoms with Crippen molar-refractivity contribution in [1.29, 1.82) is 0 Å². The average Bonchev–Trinajstić information content (AvgIpc) is 2.88. The van der Waals surface area contributed by atoms with Crippen molar-refractivity contribution in [3.8, 4) is 0 Å². The van der Waals surface area contributed by atoms with E-state index in [1.807, 2.05) is 6.07 Å². The Morgan fingerprint density at radius 3 is 2.68 bits per heavy atom. The predicted octanol–water partition coefficient (Wildman–Crippen LogP) is 3.28. The van der Waals surface area contributed by atoms with E-state index in [0.29, 0.717) is 10.8 Å². The first kappa shape index (κ1) is 14.7. The molecule has 1 aromatic heterocycles. The van der Waals surface area contributed by atoms with Crippen molar-refractivity contribution in [2.24, 2.45) is 11.7 Å². The quantitative estimate of drug-likeness (QED) is 0.814. The third kappa shape index (κ3) is 3.88. The zero-order valence-electron chi connectivity index (χ0n) is 11.5. The molecule has 1 aliphatic carbocycles. The van der Waals surface area contributed by atoms with Gasteiger partial charge in [-0.3, -0.25) is 4.79 Å². The number of thiophene rings is 1. The lowest BCUT2D eigenvalue weighted by atomic mass is 9.84. The molecule has 3 nitrogen and oxygen atoms in total. The number of carbonyl (C=O) groups excluding carboxylic acids is 1. The van der Waals surface area contributed by atoms with Crippen molar-refractivity contribution in [3.63, 3.8) is 0 Å². The number of hydrogen-bond donors (Lipinski definition) is 2. The smallest absolute Gasteiger partial charge is 0.169 e. The van der Waals surface area contributed by atoms with Gasteiger partial charge in [-0.05, 0) is 31.4 Å². The Morgan fingerprint density at radius 2 is 2.11 bits per heavy atom. The summed E-state index contributed by atoms with van der Waals surface area (Å²) in [6.45, 7) is 1.55. The molecule has 0 bridgehead atoms. The lowest BCUT2D eigenvalue weighted by molar-refractivity contribution is 0.102. The minimum atomic E-state index is -0.639. The third-order valence-electron chi connectivity index (χ3n) is 4.00. The Morgan fingerprint density at radius 1 is 1.42 bits per heavy atom. The molecule has 1 saturated carbocycles. The number of aliphatic hydroxyl groups excluding tert-OH is 1. The van der Waals surface area contributed by atoms with Gasteiger partial charge in [0.1, 0.15) is 6.10 Å². The molecule has 0 unspecified atom stereocenters. The van der Waals surface area contributed by atoms with Crippen LogP contribution >= 0.6 is 11.3 Å². The number of ketones is 1. The normalized spacial score (nSPS) is 20.2. The fourth-order valence-electron chi connectivity index (χ4n) is 2.85. The molecular formula is C15H23NO2S. The summed E-state index contributed by atoms with van der Waals surface area (Å²) in [5.74, 6) is 0.704. The van der Waals surface area contributed by atoms with Crippen LogP contribution in [0.15, 0.2) is 12.1 Å². The summed E-state index contributed by atoms with van der Waals surface area (Å²) in [7, 11) is 0. The molecule has 106 valence electrons. The highest BCUT2D eigenvalue weighted by Gasteiger charge is 2.24. The molecule has 1 fully saturated rings. The first-order valence-corrected chi connectivity index (χ1v) is 7.94. The summed E-state index contributed by atoms with van der Waals surface area (Å²) < 4.78 is 0. The van der Waals surface area contributed by atoms with Crippen LogP contribution in [0.25, 0.3) is 0 Å². The zero-order valence-corrected chi connectivity index (χ0v) is 12.3. The van der Waals surface area contributed by atoms with Gasteiger partial charge in [-0.1, -0.05) is 32.1 Å². The standard InChI is InChI=1S/C15H23NO2S/c1-10(17)13-7-8-14(19-13)15(18)12(16)9-11-5-3-2-4-6-11/h7-8,11-12,15,18H,2-6,9,16H2,1H3/t12-,15+/m1/s1. The van der Waals surface area contributed by atoms with Gasteiger partial charge < -0.3 is 10.8 Å². The molecular weight excluding hydrogens is 258 g/mol. The van der Waals surface area contributed by atoms with Gasteiger partial charge in [0.15, 0.2) is 5.78 Å². The monoisotopic (exact) mass is 281 g/mol. The molecule has 1 heterocycles. The lowest BCUT2D eigenvalue weighted by Crippen LogP contribution is -2.31. The van der Waals surface area contributed by atoms with Crippen LogP contribution in [0.1, 0.15) is 66.1 Å². The summed E-state index contributed by atoms with van der Waals surface area (Å²) in [4.78, 5) is 12.8. The van der Waals surface area contributed by atoms with E-state index >= 15 is 0 Å². The van der Waals surface area contributed by atoms with E-state index in [4.69, 9.17) is 5.73 Å². The van der Waals surface area contributed by atoms with Gasteiger partial charge in [-0.2, -0.15) is 0 Å². The molecule has 0 amide bonds. The van der Waals surface area contributed by atoms with Gasteiger partial charge in [-0.15, -0.1) is 11.3 Å².